The summed E-state index contributed by atoms with van der Waals surface area (Å²) >= 11 is 0. The van der Waals surface area contributed by atoms with E-state index in [9.17, 15) is 15.2 Å². The first-order valence-corrected chi connectivity index (χ1v) is 9.82. The molecule has 1 N–H and O–H groups in total. The molecule has 0 aromatic heterocycles. The molecule has 1 aromatic rings. The molecular weight excluding hydrogens is 342 g/mol. The number of methoxy groups -OCH3 is 1. The van der Waals surface area contributed by atoms with E-state index in [2.05, 4.69) is 11.0 Å². The van der Waals surface area contributed by atoms with Gasteiger partial charge in [0.05, 0.1) is 18.6 Å². The van der Waals surface area contributed by atoms with Crippen LogP contribution < -0.4 is 4.74 Å². The summed E-state index contributed by atoms with van der Waals surface area (Å²) in [6.45, 7) is 4.18. The van der Waals surface area contributed by atoms with Crippen molar-refractivity contribution in [2.45, 2.75) is 56.5 Å². The van der Waals surface area contributed by atoms with Crippen molar-refractivity contribution in [2.24, 2.45) is 0 Å². The van der Waals surface area contributed by atoms with Crippen LogP contribution in [-0.2, 0) is 5.41 Å². The molecule has 0 bridgehead atoms. The molecule has 1 aliphatic carbocycles. The number of amides is 1. The number of benzene rings is 1. The number of likely N-dealkylation sites (tertiary alicyclic amines) is 1. The van der Waals surface area contributed by atoms with Gasteiger partial charge in [-0.05, 0) is 56.7 Å². The van der Waals surface area contributed by atoms with Gasteiger partial charge in [0.15, 0.2) is 0 Å². The fraction of sp³-hybridized carbons (Fsp3) is 0.619. The van der Waals surface area contributed by atoms with E-state index in [1.54, 1.807) is 12.0 Å². The summed E-state index contributed by atoms with van der Waals surface area (Å²) < 4.78 is 5.33. The molecule has 1 atom stereocenters. The summed E-state index contributed by atoms with van der Waals surface area (Å²) in [5.41, 5.74) is 0.603. The molecule has 1 saturated carbocycles. The standard InChI is InChI=1S/C21H29N3O3/c1-3-24(20(25)26)18-9-12-23(14-18)17-7-10-21(15-22,11-8-17)16-5-4-6-19(13-16)27-2/h4-6,13,17-18H,3,7-12,14H2,1-2H3,(H,25,26)/t17?,18-,21?/m0/s1. The highest BCUT2D eigenvalue weighted by Gasteiger charge is 2.41. The van der Waals surface area contributed by atoms with E-state index in [0.29, 0.717) is 12.6 Å². The van der Waals surface area contributed by atoms with Gasteiger partial charge in [0.25, 0.3) is 0 Å². The minimum Gasteiger partial charge on any atom is -0.497 e. The number of rotatable bonds is 5. The van der Waals surface area contributed by atoms with E-state index >= 15 is 0 Å². The van der Waals surface area contributed by atoms with Crippen LogP contribution in [0.5, 0.6) is 5.75 Å². The molecule has 1 aromatic carbocycles. The van der Waals surface area contributed by atoms with Gasteiger partial charge in [-0.25, -0.2) is 4.79 Å². The van der Waals surface area contributed by atoms with Gasteiger partial charge in [0.2, 0.25) is 0 Å². The first-order chi connectivity index (χ1) is 13.0. The van der Waals surface area contributed by atoms with Gasteiger partial charge >= 0.3 is 6.09 Å². The molecule has 1 aliphatic heterocycles. The van der Waals surface area contributed by atoms with E-state index < -0.39 is 11.5 Å². The third-order valence-corrected chi connectivity index (χ3v) is 6.38. The summed E-state index contributed by atoms with van der Waals surface area (Å²) in [6.07, 6.45) is 3.68. The summed E-state index contributed by atoms with van der Waals surface area (Å²) in [7, 11) is 1.65. The molecular formula is C21H29N3O3. The Bertz CT molecular complexity index is 707. The molecule has 0 spiro atoms. The molecule has 6 nitrogen and oxygen atoms in total. The van der Waals surface area contributed by atoms with Crippen molar-refractivity contribution >= 4 is 6.09 Å². The van der Waals surface area contributed by atoms with Crippen LogP contribution in [0.25, 0.3) is 0 Å². The number of likely N-dealkylation sites (N-methyl/N-ethyl adjacent to an activating group) is 1. The van der Waals surface area contributed by atoms with E-state index in [4.69, 9.17) is 4.74 Å². The van der Waals surface area contributed by atoms with E-state index in [1.807, 2.05) is 31.2 Å². The molecule has 27 heavy (non-hydrogen) atoms. The molecule has 0 unspecified atom stereocenters. The molecule has 1 heterocycles. The van der Waals surface area contributed by atoms with Crippen LogP contribution in [0.3, 0.4) is 0 Å². The van der Waals surface area contributed by atoms with Gasteiger partial charge in [-0.15, -0.1) is 0 Å². The van der Waals surface area contributed by atoms with Crippen LogP contribution in [-0.4, -0.2) is 59.8 Å². The number of ether oxygens (including phenoxy) is 1. The summed E-state index contributed by atoms with van der Waals surface area (Å²) in [6, 6.07) is 11.0. The fourth-order valence-electron chi connectivity index (χ4n) is 4.75. The normalized spacial score (nSPS) is 28.5. The van der Waals surface area contributed by atoms with Gasteiger partial charge in [0.1, 0.15) is 5.75 Å². The molecule has 2 aliphatic rings. The number of nitriles is 1. The molecule has 2 fully saturated rings. The lowest BCUT2D eigenvalue weighted by Crippen LogP contribution is -2.44. The zero-order valence-electron chi connectivity index (χ0n) is 16.2. The highest BCUT2D eigenvalue weighted by atomic mass is 16.5. The minimum absolute atomic E-state index is 0.0912. The predicted octanol–water partition coefficient (Wildman–Crippen LogP) is 3.47. The van der Waals surface area contributed by atoms with Crippen molar-refractivity contribution in [1.82, 2.24) is 9.80 Å². The van der Waals surface area contributed by atoms with Crippen molar-refractivity contribution in [1.29, 1.82) is 5.26 Å². The van der Waals surface area contributed by atoms with E-state index in [-0.39, 0.29) is 6.04 Å². The fourth-order valence-corrected chi connectivity index (χ4v) is 4.75. The maximum Gasteiger partial charge on any atom is 0.407 e. The third-order valence-electron chi connectivity index (χ3n) is 6.38. The highest BCUT2D eigenvalue weighted by molar-refractivity contribution is 5.65. The van der Waals surface area contributed by atoms with Crippen molar-refractivity contribution in [3.8, 4) is 11.8 Å². The largest absolute Gasteiger partial charge is 0.497 e. The van der Waals surface area contributed by atoms with Crippen LogP contribution in [0.1, 0.15) is 44.6 Å². The Balaban J connectivity index is 1.64. The van der Waals surface area contributed by atoms with E-state index in [0.717, 1.165) is 56.5 Å². The average Bonchev–Trinajstić information content (AvgIpc) is 3.18. The van der Waals surface area contributed by atoms with Gasteiger partial charge < -0.3 is 14.7 Å². The van der Waals surface area contributed by atoms with Crippen molar-refractivity contribution in [3.63, 3.8) is 0 Å². The van der Waals surface area contributed by atoms with Gasteiger partial charge in [0, 0.05) is 31.7 Å². The molecule has 3 rings (SSSR count). The quantitative estimate of drug-likeness (QED) is 0.857. The first-order valence-electron chi connectivity index (χ1n) is 9.82. The molecule has 1 saturated heterocycles. The Morgan fingerprint density at radius 1 is 1.41 bits per heavy atom. The number of hydrogen-bond donors (Lipinski definition) is 1. The van der Waals surface area contributed by atoms with E-state index in [1.165, 1.54) is 0 Å². The Labute approximate surface area is 161 Å². The zero-order valence-corrected chi connectivity index (χ0v) is 16.2. The van der Waals surface area contributed by atoms with Gasteiger partial charge in [-0.1, -0.05) is 12.1 Å². The Morgan fingerprint density at radius 3 is 2.74 bits per heavy atom. The lowest BCUT2D eigenvalue weighted by Gasteiger charge is -2.39. The second kappa shape index (κ2) is 8.18. The Hall–Kier alpha value is -2.26. The molecule has 6 heteroatoms. The maximum absolute atomic E-state index is 11.4. The smallest absolute Gasteiger partial charge is 0.407 e. The van der Waals surface area contributed by atoms with Crippen LogP contribution in [0, 0.1) is 11.3 Å². The summed E-state index contributed by atoms with van der Waals surface area (Å²) in [5.74, 6) is 0.792. The number of nitrogens with zero attached hydrogens (tertiary/aromatic N) is 3. The highest BCUT2D eigenvalue weighted by Crippen LogP contribution is 2.42. The van der Waals surface area contributed by atoms with Gasteiger partial charge in [-0.2, -0.15) is 5.26 Å². The molecule has 146 valence electrons. The second-order valence-electron chi connectivity index (χ2n) is 7.66. The van der Waals surface area contributed by atoms with Crippen LogP contribution in [0.15, 0.2) is 24.3 Å². The Morgan fingerprint density at radius 2 is 2.15 bits per heavy atom. The lowest BCUT2D eigenvalue weighted by atomic mass is 9.69. The second-order valence-corrected chi connectivity index (χ2v) is 7.66. The van der Waals surface area contributed by atoms with Crippen molar-refractivity contribution in [2.75, 3.05) is 26.7 Å². The topological polar surface area (TPSA) is 76.8 Å². The number of carbonyl (C=O) groups is 1. The predicted molar refractivity (Wildman–Crippen MR) is 103 cm³/mol. The number of hydrogen-bond acceptors (Lipinski definition) is 4. The van der Waals surface area contributed by atoms with Gasteiger partial charge in [-0.3, -0.25) is 4.90 Å². The SMILES string of the molecule is CCN(C(=O)O)[C@H]1CCN(C2CCC(C#N)(c3cccc(OC)c3)CC2)C1. The molecule has 1 amide bonds. The van der Waals surface area contributed by atoms with Crippen LogP contribution >= 0.6 is 0 Å². The van der Waals surface area contributed by atoms with Crippen LogP contribution in [0.2, 0.25) is 0 Å². The van der Waals surface area contributed by atoms with Crippen molar-refractivity contribution in [3.05, 3.63) is 29.8 Å². The molecule has 0 radical (unpaired) electrons. The van der Waals surface area contributed by atoms with Crippen LogP contribution in [0.4, 0.5) is 4.79 Å². The maximum atomic E-state index is 11.4. The van der Waals surface area contributed by atoms with Crippen molar-refractivity contribution < 1.29 is 14.6 Å². The zero-order chi connectivity index (χ0) is 19.4. The Kier molecular flexibility index (Phi) is 5.91. The minimum atomic E-state index is -0.825. The lowest BCUT2D eigenvalue weighted by molar-refractivity contribution is 0.118. The third kappa shape index (κ3) is 3.89. The number of carboxylic acid groups (broad SMARTS) is 1. The summed E-state index contributed by atoms with van der Waals surface area (Å²) in [4.78, 5) is 15.4. The first kappa shape index (κ1) is 19.5. The monoisotopic (exact) mass is 371 g/mol. The average molecular weight is 371 g/mol. The summed E-state index contributed by atoms with van der Waals surface area (Å²) in [5, 5.41) is 19.3.